The molecule has 0 radical (unpaired) electrons. The summed E-state index contributed by atoms with van der Waals surface area (Å²) in [4.78, 5) is 53.8. The average Bonchev–Trinajstić information content (AvgIpc) is 3.16. The smallest absolute Gasteiger partial charge is 0.335 e. The average molecular weight is 681 g/mol. The molecule has 0 bridgehead atoms. The molecule has 0 saturated carbocycles. The predicted molar refractivity (Wildman–Crippen MR) is 185 cm³/mol. The van der Waals surface area contributed by atoms with Crippen molar-refractivity contribution >= 4 is 35.3 Å². The highest BCUT2D eigenvalue weighted by atomic mass is 16.4. The van der Waals surface area contributed by atoms with E-state index in [-0.39, 0.29) is 22.3 Å². The van der Waals surface area contributed by atoms with Crippen LogP contribution in [-0.2, 0) is 5.41 Å². The SMILES string of the molecule is O=C(O)c1ccc(C(c2ccc(C(=O)O)cc2)(c2ccc(C(=O)O)cc2)c2ccc(C(=O)O)cc2)cc1.c1cc(N=Nc2ccncc2)ccn1. The molecule has 0 spiro atoms. The monoisotopic (exact) mass is 680 g/mol. The molecule has 4 aromatic carbocycles. The van der Waals surface area contributed by atoms with Gasteiger partial charge in [0.05, 0.1) is 39.0 Å². The zero-order valence-electron chi connectivity index (χ0n) is 26.6. The lowest BCUT2D eigenvalue weighted by atomic mass is 9.65. The van der Waals surface area contributed by atoms with E-state index >= 15 is 0 Å². The first kappa shape index (κ1) is 35.0. The predicted octanol–water partition coefficient (Wildman–Crippen LogP) is 7.75. The van der Waals surface area contributed by atoms with Crippen molar-refractivity contribution < 1.29 is 39.6 Å². The quantitative estimate of drug-likeness (QED) is 0.0819. The molecule has 2 heterocycles. The molecule has 0 saturated heterocycles. The summed E-state index contributed by atoms with van der Waals surface area (Å²) < 4.78 is 0. The molecule has 0 amide bonds. The number of carboxylic acids is 4. The van der Waals surface area contributed by atoms with Gasteiger partial charge in [0.1, 0.15) is 0 Å². The lowest BCUT2D eigenvalue weighted by Gasteiger charge is -2.37. The summed E-state index contributed by atoms with van der Waals surface area (Å²) in [5.41, 5.74) is 3.04. The van der Waals surface area contributed by atoms with Crippen LogP contribution in [0.5, 0.6) is 0 Å². The Labute approximate surface area is 290 Å². The molecular weight excluding hydrogens is 652 g/mol. The molecule has 0 aliphatic carbocycles. The van der Waals surface area contributed by atoms with Crippen LogP contribution < -0.4 is 0 Å². The van der Waals surface area contributed by atoms with Crippen LogP contribution in [-0.4, -0.2) is 54.3 Å². The Morgan fingerprint density at radius 2 is 0.588 bits per heavy atom. The van der Waals surface area contributed by atoms with Crippen molar-refractivity contribution in [2.24, 2.45) is 10.2 Å². The van der Waals surface area contributed by atoms with Gasteiger partial charge in [-0.1, -0.05) is 48.5 Å². The van der Waals surface area contributed by atoms with E-state index in [0.29, 0.717) is 22.3 Å². The second-order valence-corrected chi connectivity index (χ2v) is 10.9. The van der Waals surface area contributed by atoms with E-state index in [2.05, 4.69) is 20.2 Å². The van der Waals surface area contributed by atoms with E-state index < -0.39 is 29.3 Å². The van der Waals surface area contributed by atoms with Crippen molar-refractivity contribution in [3.8, 4) is 0 Å². The molecule has 0 unspecified atom stereocenters. The summed E-state index contributed by atoms with van der Waals surface area (Å²) in [6.45, 7) is 0. The highest BCUT2D eigenvalue weighted by Crippen LogP contribution is 2.45. The first-order chi connectivity index (χ1) is 24.6. The minimum atomic E-state index is -1.18. The summed E-state index contributed by atoms with van der Waals surface area (Å²) in [7, 11) is 0. The summed E-state index contributed by atoms with van der Waals surface area (Å²) in [6, 6.07) is 31.7. The molecule has 2 aromatic heterocycles. The Morgan fingerprint density at radius 3 is 0.784 bits per heavy atom. The summed E-state index contributed by atoms with van der Waals surface area (Å²) >= 11 is 0. The number of aromatic nitrogens is 2. The van der Waals surface area contributed by atoms with Gasteiger partial charge in [-0.25, -0.2) is 19.2 Å². The second kappa shape index (κ2) is 15.7. The Balaban J connectivity index is 0.000000299. The lowest BCUT2D eigenvalue weighted by Crippen LogP contribution is -2.31. The lowest BCUT2D eigenvalue weighted by molar-refractivity contribution is 0.0686. The Hall–Kier alpha value is -7.34. The van der Waals surface area contributed by atoms with Gasteiger partial charge < -0.3 is 20.4 Å². The van der Waals surface area contributed by atoms with Gasteiger partial charge >= 0.3 is 23.9 Å². The molecule has 6 rings (SSSR count). The number of rotatable bonds is 10. The van der Waals surface area contributed by atoms with Gasteiger partial charge in [0.25, 0.3) is 0 Å². The first-order valence-corrected chi connectivity index (χ1v) is 15.2. The fraction of sp³-hybridized carbons (Fsp3) is 0.0256. The molecule has 51 heavy (non-hydrogen) atoms. The minimum Gasteiger partial charge on any atom is -0.478 e. The zero-order chi connectivity index (χ0) is 36.4. The van der Waals surface area contributed by atoms with Crippen LogP contribution in [0.2, 0.25) is 0 Å². The van der Waals surface area contributed by atoms with Crippen molar-refractivity contribution in [2.45, 2.75) is 5.41 Å². The molecule has 252 valence electrons. The maximum Gasteiger partial charge on any atom is 0.335 e. The van der Waals surface area contributed by atoms with Crippen molar-refractivity contribution in [1.82, 2.24) is 9.97 Å². The number of carbonyl (C=O) groups is 4. The Bertz CT molecular complexity index is 1900. The topological polar surface area (TPSA) is 200 Å². The van der Waals surface area contributed by atoms with Gasteiger partial charge in [-0.3, -0.25) is 9.97 Å². The van der Waals surface area contributed by atoms with Crippen LogP contribution >= 0.6 is 0 Å². The first-order valence-electron chi connectivity index (χ1n) is 15.2. The van der Waals surface area contributed by atoms with Crippen molar-refractivity contribution in [1.29, 1.82) is 0 Å². The second-order valence-electron chi connectivity index (χ2n) is 10.9. The van der Waals surface area contributed by atoms with E-state index in [9.17, 15) is 39.6 Å². The standard InChI is InChI=1S/C29H20O8.C10H8N4/c30-25(31)17-1-9-21(10-2-17)29(22-11-3-18(4-12-22)26(32)33,23-13-5-19(6-14-23)27(34)35)24-15-7-20(8-16-24)28(36)37;1-5-11-6-2-9(1)13-14-10-3-7-12-8-4-10/h1-16H,(H,30,31)(H,32,33)(H,34,35)(H,36,37);1-8H. The third-order valence-corrected chi connectivity index (χ3v) is 7.87. The van der Waals surface area contributed by atoms with Crippen molar-refractivity contribution in [2.75, 3.05) is 0 Å². The maximum absolute atomic E-state index is 11.5. The molecule has 4 N–H and O–H groups in total. The normalized spacial score (nSPS) is 10.9. The highest BCUT2D eigenvalue weighted by molar-refractivity contribution is 5.90. The fourth-order valence-corrected chi connectivity index (χ4v) is 5.39. The summed E-state index contributed by atoms with van der Waals surface area (Å²) in [5, 5.41) is 45.7. The van der Waals surface area contributed by atoms with Crippen LogP contribution in [0, 0.1) is 0 Å². The van der Waals surface area contributed by atoms with Crippen LogP contribution in [0.1, 0.15) is 63.7 Å². The van der Waals surface area contributed by atoms with Gasteiger partial charge in [0.2, 0.25) is 0 Å². The number of nitrogens with zero attached hydrogens (tertiary/aromatic N) is 4. The largest absolute Gasteiger partial charge is 0.478 e. The minimum absolute atomic E-state index is 0.0568. The van der Waals surface area contributed by atoms with Gasteiger partial charge in [-0.05, 0) is 95.1 Å². The highest BCUT2D eigenvalue weighted by Gasteiger charge is 2.39. The molecule has 12 nitrogen and oxygen atoms in total. The van der Waals surface area contributed by atoms with Crippen molar-refractivity contribution in [3.63, 3.8) is 0 Å². The zero-order valence-corrected chi connectivity index (χ0v) is 26.6. The molecule has 0 aliphatic rings. The van der Waals surface area contributed by atoms with Crippen LogP contribution in [0.15, 0.2) is 156 Å². The summed E-state index contributed by atoms with van der Waals surface area (Å²) in [5.74, 6) is -4.45. The number of hydrogen-bond acceptors (Lipinski definition) is 8. The number of azo groups is 1. The van der Waals surface area contributed by atoms with Crippen LogP contribution in [0.25, 0.3) is 0 Å². The van der Waals surface area contributed by atoms with Gasteiger partial charge in [0, 0.05) is 24.8 Å². The van der Waals surface area contributed by atoms with Gasteiger partial charge in [-0.15, -0.1) is 0 Å². The Kier molecular flexibility index (Phi) is 10.8. The molecule has 6 aromatic rings. The maximum atomic E-state index is 11.5. The number of benzene rings is 4. The molecule has 0 aliphatic heterocycles. The van der Waals surface area contributed by atoms with E-state index in [1.165, 1.54) is 48.5 Å². The third-order valence-electron chi connectivity index (χ3n) is 7.87. The fourth-order valence-electron chi connectivity index (χ4n) is 5.39. The third kappa shape index (κ3) is 8.04. The Morgan fingerprint density at radius 1 is 0.373 bits per heavy atom. The summed E-state index contributed by atoms with van der Waals surface area (Å²) in [6.07, 6.45) is 6.73. The van der Waals surface area contributed by atoms with E-state index in [1.807, 2.05) is 0 Å². The van der Waals surface area contributed by atoms with E-state index in [0.717, 1.165) is 11.4 Å². The van der Waals surface area contributed by atoms with Crippen LogP contribution in [0.4, 0.5) is 11.4 Å². The molecule has 12 heteroatoms. The number of hydrogen-bond donors (Lipinski definition) is 4. The number of pyridine rings is 2. The van der Waals surface area contributed by atoms with Crippen LogP contribution in [0.3, 0.4) is 0 Å². The van der Waals surface area contributed by atoms with Gasteiger partial charge in [0.15, 0.2) is 0 Å². The molecular formula is C39H28N4O8. The number of carboxylic acid groups (broad SMARTS) is 4. The molecule has 0 atom stereocenters. The van der Waals surface area contributed by atoms with Gasteiger partial charge in [-0.2, -0.15) is 10.2 Å². The van der Waals surface area contributed by atoms with Crippen molar-refractivity contribution in [3.05, 3.63) is 191 Å². The van der Waals surface area contributed by atoms with E-state index in [4.69, 9.17) is 0 Å². The van der Waals surface area contributed by atoms with E-state index in [1.54, 1.807) is 97.6 Å². The number of aromatic carboxylic acids is 4. The molecule has 0 fully saturated rings.